The highest BCUT2D eigenvalue weighted by molar-refractivity contribution is 6.39. The minimum absolute atomic E-state index is 0.00277. The first-order valence-corrected chi connectivity index (χ1v) is 9.13. The highest BCUT2D eigenvalue weighted by atomic mass is 16.5. The maximum Gasteiger partial charge on any atom is 0.313 e. The lowest BCUT2D eigenvalue weighted by atomic mass is 9.88. The first kappa shape index (κ1) is 18.9. The van der Waals surface area contributed by atoms with Gasteiger partial charge in [0.05, 0.1) is 13.2 Å². The number of nitrogens with one attached hydrogen (secondary N) is 2. The van der Waals surface area contributed by atoms with Gasteiger partial charge in [0.1, 0.15) is 11.4 Å². The molecule has 1 saturated carbocycles. The number of benzene rings is 2. The molecule has 1 unspecified atom stereocenters. The molecule has 0 heterocycles. The predicted octanol–water partition coefficient (Wildman–Crippen LogP) is 2.44. The van der Waals surface area contributed by atoms with E-state index in [0.717, 1.165) is 18.4 Å². The Kier molecular flexibility index (Phi) is 5.76. The van der Waals surface area contributed by atoms with Crippen LogP contribution >= 0.6 is 0 Å². The van der Waals surface area contributed by atoms with Crippen LogP contribution in [0.1, 0.15) is 25.3 Å². The second kappa shape index (κ2) is 8.22. The van der Waals surface area contributed by atoms with E-state index in [4.69, 9.17) is 4.74 Å². The number of aliphatic hydroxyl groups is 1. The number of amides is 2. The van der Waals surface area contributed by atoms with Crippen molar-refractivity contribution in [1.82, 2.24) is 5.32 Å². The molecule has 3 N–H and O–H groups in total. The molecule has 2 aromatic rings. The largest absolute Gasteiger partial charge is 0.494 e. The van der Waals surface area contributed by atoms with Gasteiger partial charge in [-0.3, -0.25) is 9.59 Å². The second-order valence-electron chi connectivity index (χ2n) is 6.66. The van der Waals surface area contributed by atoms with E-state index in [2.05, 4.69) is 10.6 Å². The van der Waals surface area contributed by atoms with E-state index in [-0.39, 0.29) is 12.5 Å². The predicted molar refractivity (Wildman–Crippen MR) is 102 cm³/mol. The smallest absolute Gasteiger partial charge is 0.313 e. The van der Waals surface area contributed by atoms with Crippen LogP contribution in [0.2, 0.25) is 0 Å². The van der Waals surface area contributed by atoms with E-state index in [1.807, 2.05) is 37.3 Å². The van der Waals surface area contributed by atoms with Gasteiger partial charge in [-0.05, 0) is 55.5 Å². The molecule has 1 fully saturated rings. The van der Waals surface area contributed by atoms with Gasteiger partial charge in [0.2, 0.25) is 0 Å². The molecule has 27 heavy (non-hydrogen) atoms. The van der Waals surface area contributed by atoms with Gasteiger partial charge in [-0.15, -0.1) is 0 Å². The van der Waals surface area contributed by atoms with Gasteiger partial charge in [-0.25, -0.2) is 0 Å². The van der Waals surface area contributed by atoms with Crippen molar-refractivity contribution in [1.29, 1.82) is 0 Å². The van der Waals surface area contributed by atoms with Gasteiger partial charge in [0.15, 0.2) is 0 Å². The van der Waals surface area contributed by atoms with Crippen molar-refractivity contribution in [3.05, 3.63) is 60.2 Å². The molecule has 0 aromatic heterocycles. The van der Waals surface area contributed by atoms with E-state index >= 15 is 0 Å². The van der Waals surface area contributed by atoms with Crippen LogP contribution in [0.3, 0.4) is 0 Å². The van der Waals surface area contributed by atoms with Crippen LogP contribution < -0.4 is 15.4 Å². The van der Waals surface area contributed by atoms with E-state index in [1.165, 1.54) is 0 Å². The molecule has 1 aliphatic rings. The Morgan fingerprint density at radius 2 is 1.74 bits per heavy atom. The first-order valence-electron chi connectivity index (χ1n) is 9.13. The number of carbonyl (C=O) groups is 2. The van der Waals surface area contributed by atoms with E-state index in [1.54, 1.807) is 24.3 Å². The zero-order valence-corrected chi connectivity index (χ0v) is 15.3. The van der Waals surface area contributed by atoms with Crippen molar-refractivity contribution in [2.24, 2.45) is 5.92 Å². The van der Waals surface area contributed by atoms with Gasteiger partial charge in [-0.2, -0.15) is 0 Å². The van der Waals surface area contributed by atoms with Crippen molar-refractivity contribution in [3.63, 3.8) is 0 Å². The minimum atomic E-state index is -1.16. The summed E-state index contributed by atoms with van der Waals surface area (Å²) in [6.07, 6.45) is 1.80. The maximum atomic E-state index is 12.2. The summed E-state index contributed by atoms with van der Waals surface area (Å²) in [5.74, 6) is -0.768. The third-order valence-electron chi connectivity index (χ3n) is 4.67. The SMILES string of the molecule is CCOc1ccc(NC(=O)C(=O)NCC(O)(c2ccccc2)C2CC2)cc1. The van der Waals surface area contributed by atoms with Crippen molar-refractivity contribution in [2.45, 2.75) is 25.4 Å². The number of hydrogen-bond donors (Lipinski definition) is 3. The Morgan fingerprint density at radius 1 is 1.07 bits per heavy atom. The summed E-state index contributed by atoms with van der Waals surface area (Å²) >= 11 is 0. The molecule has 2 aromatic carbocycles. The Bertz CT molecular complexity index is 788. The Balaban J connectivity index is 1.58. The van der Waals surface area contributed by atoms with Crippen LogP contribution in [0.25, 0.3) is 0 Å². The number of rotatable bonds is 7. The summed E-state index contributed by atoms with van der Waals surface area (Å²) in [7, 11) is 0. The lowest BCUT2D eigenvalue weighted by molar-refractivity contribution is -0.137. The molecule has 0 saturated heterocycles. The zero-order valence-electron chi connectivity index (χ0n) is 15.3. The highest BCUT2D eigenvalue weighted by Gasteiger charge is 2.45. The van der Waals surface area contributed by atoms with Gasteiger partial charge in [0, 0.05) is 5.69 Å². The normalized spacial score (nSPS) is 15.5. The Morgan fingerprint density at radius 3 is 2.33 bits per heavy atom. The van der Waals surface area contributed by atoms with Crippen LogP contribution in [0.4, 0.5) is 5.69 Å². The molecule has 0 radical (unpaired) electrons. The first-order chi connectivity index (χ1) is 13.0. The molecule has 0 aliphatic heterocycles. The molecular weight excluding hydrogens is 344 g/mol. The number of anilines is 1. The lowest BCUT2D eigenvalue weighted by Crippen LogP contribution is -2.45. The molecule has 3 rings (SSSR count). The summed E-state index contributed by atoms with van der Waals surface area (Å²) < 4.78 is 5.34. The third kappa shape index (κ3) is 4.65. The van der Waals surface area contributed by atoms with Gasteiger partial charge in [0.25, 0.3) is 0 Å². The summed E-state index contributed by atoms with van der Waals surface area (Å²) in [6.45, 7) is 2.44. The molecule has 1 atom stereocenters. The molecule has 6 nitrogen and oxygen atoms in total. The molecule has 0 bridgehead atoms. The van der Waals surface area contributed by atoms with Crippen molar-refractivity contribution < 1.29 is 19.4 Å². The highest BCUT2D eigenvalue weighted by Crippen LogP contribution is 2.45. The third-order valence-corrected chi connectivity index (χ3v) is 4.67. The van der Waals surface area contributed by atoms with E-state index in [9.17, 15) is 14.7 Å². The maximum absolute atomic E-state index is 12.2. The molecular formula is C21H24N2O4. The summed E-state index contributed by atoms with van der Waals surface area (Å²) in [5, 5.41) is 16.2. The number of hydrogen-bond acceptors (Lipinski definition) is 4. The Hall–Kier alpha value is -2.86. The van der Waals surface area contributed by atoms with Gasteiger partial charge in [-0.1, -0.05) is 30.3 Å². The average molecular weight is 368 g/mol. The fourth-order valence-corrected chi connectivity index (χ4v) is 3.05. The van der Waals surface area contributed by atoms with Crippen LogP contribution in [0.15, 0.2) is 54.6 Å². The topological polar surface area (TPSA) is 87.7 Å². The standard InChI is InChI=1S/C21H24N2O4/c1-2-27-18-12-10-17(11-13-18)23-20(25)19(24)22-14-21(26,16-8-9-16)15-6-4-3-5-7-15/h3-7,10-13,16,26H,2,8-9,14H2,1H3,(H,22,24)(H,23,25). The molecule has 6 heteroatoms. The molecule has 142 valence electrons. The minimum Gasteiger partial charge on any atom is -0.494 e. The summed E-state index contributed by atoms with van der Waals surface area (Å²) in [5.41, 5.74) is 0.0925. The van der Waals surface area contributed by atoms with Crippen LogP contribution in [-0.2, 0) is 15.2 Å². The fourth-order valence-electron chi connectivity index (χ4n) is 3.05. The fraction of sp³-hybridized carbons (Fsp3) is 0.333. The molecule has 2 amide bonds. The quantitative estimate of drug-likeness (QED) is 0.655. The monoisotopic (exact) mass is 368 g/mol. The van der Waals surface area contributed by atoms with Crippen LogP contribution in [0.5, 0.6) is 5.75 Å². The summed E-state index contributed by atoms with van der Waals surface area (Å²) in [4.78, 5) is 24.3. The van der Waals surface area contributed by atoms with Crippen LogP contribution in [-0.4, -0.2) is 30.1 Å². The van der Waals surface area contributed by atoms with Crippen LogP contribution in [0, 0.1) is 5.92 Å². The van der Waals surface area contributed by atoms with Crippen molar-refractivity contribution in [2.75, 3.05) is 18.5 Å². The number of ether oxygens (including phenoxy) is 1. The number of carbonyl (C=O) groups excluding carboxylic acids is 2. The zero-order chi connectivity index (χ0) is 19.3. The average Bonchev–Trinajstić information content (AvgIpc) is 3.54. The molecule has 0 spiro atoms. The second-order valence-corrected chi connectivity index (χ2v) is 6.66. The van der Waals surface area contributed by atoms with Crippen molar-refractivity contribution in [3.8, 4) is 5.75 Å². The van der Waals surface area contributed by atoms with E-state index < -0.39 is 17.4 Å². The Labute approximate surface area is 158 Å². The summed E-state index contributed by atoms with van der Waals surface area (Å²) in [6, 6.07) is 16.0. The molecule has 1 aliphatic carbocycles. The van der Waals surface area contributed by atoms with Gasteiger partial charge < -0.3 is 20.5 Å². The van der Waals surface area contributed by atoms with Crippen molar-refractivity contribution >= 4 is 17.5 Å². The lowest BCUT2D eigenvalue weighted by Gasteiger charge is -2.29. The van der Waals surface area contributed by atoms with Gasteiger partial charge >= 0.3 is 11.8 Å². The van der Waals surface area contributed by atoms with E-state index in [0.29, 0.717) is 18.0 Å².